The van der Waals surface area contributed by atoms with Crippen LogP contribution < -0.4 is 0 Å². The molecule has 4 aromatic rings. The maximum absolute atomic E-state index is 12.5. The third kappa shape index (κ3) is 3.22. The lowest BCUT2D eigenvalue weighted by atomic mass is 10.0. The molecule has 0 spiro atoms. The Morgan fingerprint density at radius 1 is 0.926 bits per heavy atom. The number of benzene rings is 2. The van der Waals surface area contributed by atoms with Gasteiger partial charge in [-0.1, -0.05) is 60.7 Å². The second-order valence-electron chi connectivity index (χ2n) is 5.91. The molecule has 0 N–H and O–H groups in total. The summed E-state index contributed by atoms with van der Waals surface area (Å²) in [6, 6.07) is 23.4. The highest BCUT2D eigenvalue weighted by Gasteiger charge is 2.18. The summed E-state index contributed by atoms with van der Waals surface area (Å²) in [7, 11) is 1.36. The van der Waals surface area contributed by atoms with Crippen LogP contribution in [0.2, 0.25) is 0 Å². The van der Waals surface area contributed by atoms with Gasteiger partial charge in [-0.25, -0.2) is 14.8 Å². The first-order chi connectivity index (χ1) is 13.3. The van der Waals surface area contributed by atoms with Crippen molar-refractivity contribution < 1.29 is 9.53 Å². The van der Waals surface area contributed by atoms with E-state index >= 15 is 0 Å². The standard InChI is InChI=1S/C22H17N3O2/c1-27-22(26)21-18(12-13-19-23-14-15-25(19)21)24-20(16-8-4-2-5-9-16)17-10-6-3-7-11-17/h2-15H,1H3. The van der Waals surface area contributed by atoms with Crippen LogP contribution in [0.15, 0.2) is 90.2 Å². The fourth-order valence-electron chi connectivity index (χ4n) is 2.98. The number of carbonyl (C=O) groups is 1. The molecule has 2 aromatic heterocycles. The van der Waals surface area contributed by atoms with Gasteiger partial charge < -0.3 is 4.74 Å². The minimum Gasteiger partial charge on any atom is -0.464 e. The van der Waals surface area contributed by atoms with Crippen molar-refractivity contribution in [2.24, 2.45) is 4.99 Å². The Morgan fingerprint density at radius 3 is 2.15 bits per heavy atom. The molecule has 5 heteroatoms. The van der Waals surface area contributed by atoms with Crippen molar-refractivity contribution in [2.45, 2.75) is 0 Å². The Labute approximate surface area is 156 Å². The van der Waals surface area contributed by atoms with Gasteiger partial charge in [-0.2, -0.15) is 0 Å². The smallest absolute Gasteiger partial charge is 0.357 e. The molecule has 4 rings (SSSR count). The predicted octanol–water partition coefficient (Wildman–Crippen LogP) is 4.29. The van der Waals surface area contributed by atoms with Crippen LogP contribution in [-0.2, 0) is 4.74 Å². The number of rotatable bonds is 4. The SMILES string of the molecule is COC(=O)c1c(N=C(c2ccccc2)c2ccccc2)ccc2nccn12. The summed E-state index contributed by atoms with van der Waals surface area (Å²) in [5.74, 6) is -0.460. The molecule has 0 radical (unpaired) electrons. The lowest BCUT2D eigenvalue weighted by Gasteiger charge is -2.11. The average molecular weight is 355 g/mol. The number of imidazole rings is 1. The number of carbonyl (C=O) groups excluding carboxylic acids is 1. The summed E-state index contributed by atoms with van der Waals surface area (Å²) < 4.78 is 6.68. The molecule has 27 heavy (non-hydrogen) atoms. The van der Waals surface area contributed by atoms with E-state index < -0.39 is 5.97 Å². The number of esters is 1. The minimum atomic E-state index is -0.460. The maximum Gasteiger partial charge on any atom is 0.357 e. The van der Waals surface area contributed by atoms with Gasteiger partial charge in [-0.3, -0.25) is 4.40 Å². The number of ether oxygens (including phenoxy) is 1. The van der Waals surface area contributed by atoms with Crippen molar-refractivity contribution in [1.82, 2.24) is 9.38 Å². The van der Waals surface area contributed by atoms with Gasteiger partial charge in [0, 0.05) is 23.5 Å². The Hall–Kier alpha value is -3.73. The quantitative estimate of drug-likeness (QED) is 0.405. The van der Waals surface area contributed by atoms with E-state index in [-0.39, 0.29) is 0 Å². The van der Waals surface area contributed by atoms with Crippen LogP contribution in [0.5, 0.6) is 0 Å². The molecule has 0 bridgehead atoms. The molecule has 5 nitrogen and oxygen atoms in total. The zero-order valence-electron chi connectivity index (χ0n) is 14.7. The molecule has 0 aliphatic heterocycles. The molecule has 132 valence electrons. The summed E-state index contributed by atoms with van der Waals surface area (Å²) >= 11 is 0. The minimum absolute atomic E-state index is 0.344. The summed E-state index contributed by atoms with van der Waals surface area (Å²) in [5.41, 5.74) is 4.23. The fraction of sp³-hybridized carbons (Fsp3) is 0.0455. The van der Waals surface area contributed by atoms with Crippen LogP contribution in [0.4, 0.5) is 5.69 Å². The van der Waals surface area contributed by atoms with Crippen molar-refractivity contribution in [3.8, 4) is 0 Å². The zero-order chi connectivity index (χ0) is 18.6. The van der Waals surface area contributed by atoms with Crippen molar-refractivity contribution >= 4 is 23.0 Å². The Bertz CT molecular complexity index is 1070. The zero-order valence-corrected chi connectivity index (χ0v) is 14.7. The van der Waals surface area contributed by atoms with E-state index in [1.807, 2.05) is 66.7 Å². The van der Waals surface area contributed by atoms with Gasteiger partial charge in [0.15, 0.2) is 5.69 Å². The highest BCUT2D eigenvalue weighted by Crippen LogP contribution is 2.24. The maximum atomic E-state index is 12.5. The summed E-state index contributed by atoms with van der Waals surface area (Å²) in [6.07, 6.45) is 3.37. The number of aliphatic imine (C=N–C) groups is 1. The molecular formula is C22H17N3O2. The second kappa shape index (κ2) is 7.25. The fourth-order valence-corrected chi connectivity index (χ4v) is 2.98. The lowest BCUT2D eigenvalue weighted by Crippen LogP contribution is -2.09. The molecule has 2 aromatic carbocycles. The number of pyridine rings is 1. The van der Waals surface area contributed by atoms with Gasteiger partial charge in [0.25, 0.3) is 0 Å². The third-order valence-corrected chi connectivity index (χ3v) is 4.25. The Morgan fingerprint density at radius 2 is 1.56 bits per heavy atom. The van der Waals surface area contributed by atoms with E-state index in [2.05, 4.69) is 4.98 Å². The van der Waals surface area contributed by atoms with E-state index in [4.69, 9.17) is 9.73 Å². The van der Waals surface area contributed by atoms with Crippen LogP contribution in [0, 0.1) is 0 Å². The summed E-state index contributed by atoms with van der Waals surface area (Å²) in [4.78, 5) is 21.6. The largest absolute Gasteiger partial charge is 0.464 e. The van der Waals surface area contributed by atoms with Crippen molar-refractivity contribution in [2.75, 3.05) is 7.11 Å². The van der Waals surface area contributed by atoms with Gasteiger partial charge in [-0.05, 0) is 12.1 Å². The molecule has 0 fully saturated rings. The van der Waals surface area contributed by atoms with Gasteiger partial charge in [0.05, 0.1) is 18.5 Å². The molecule has 0 atom stereocenters. The highest BCUT2D eigenvalue weighted by molar-refractivity contribution is 6.14. The first-order valence-corrected chi connectivity index (χ1v) is 8.52. The number of aromatic nitrogens is 2. The first kappa shape index (κ1) is 16.7. The molecule has 0 amide bonds. The normalized spacial score (nSPS) is 10.6. The molecule has 0 aliphatic carbocycles. The average Bonchev–Trinajstić information content (AvgIpc) is 3.21. The number of hydrogen-bond donors (Lipinski definition) is 0. The molecule has 0 aliphatic rings. The number of hydrogen-bond acceptors (Lipinski definition) is 4. The topological polar surface area (TPSA) is 56.0 Å². The Balaban J connectivity index is 1.97. The monoisotopic (exact) mass is 355 g/mol. The third-order valence-electron chi connectivity index (χ3n) is 4.25. The van der Waals surface area contributed by atoms with Crippen LogP contribution in [0.25, 0.3) is 5.65 Å². The molecule has 0 unspecified atom stereocenters. The lowest BCUT2D eigenvalue weighted by molar-refractivity contribution is 0.0593. The van der Waals surface area contributed by atoms with E-state index in [1.54, 1.807) is 22.9 Å². The van der Waals surface area contributed by atoms with E-state index in [1.165, 1.54) is 7.11 Å². The van der Waals surface area contributed by atoms with E-state index in [9.17, 15) is 4.79 Å². The highest BCUT2D eigenvalue weighted by atomic mass is 16.5. The first-order valence-electron chi connectivity index (χ1n) is 8.52. The predicted molar refractivity (Wildman–Crippen MR) is 105 cm³/mol. The van der Waals surface area contributed by atoms with E-state index in [0.717, 1.165) is 16.8 Å². The van der Waals surface area contributed by atoms with Gasteiger partial charge in [-0.15, -0.1) is 0 Å². The molecular weight excluding hydrogens is 338 g/mol. The van der Waals surface area contributed by atoms with Gasteiger partial charge in [0.2, 0.25) is 0 Å². The Kier molecular flexibility index (Phi) is 4.49. The molecule has 0 saturated carbocycles. The second-order valence-corrected chi connectivity index (χ2v) is 5.91. The van der Waals surface area contributed by atoms with Gasteiger partial charge >= 0.3 is 5.97 Å². The molecule has 2 heterocycles. The van der Waals surface area contributed by atoms with Crippen LogP contribution >= 0.6 is 0 Å². The van der Waals surface area contributed by atoms with Crippen LogP contribution in [-0.4, -0.2) is 28.2 Å². The number of nitrogens with zero attached hydrogens (tertiary/aromatic N) is 3. The van der Waals surface area contributed by atoms with Crippen molar-refractivity contribution in [1.29, 1.82) is 0 Å². The van der Waals surface area contributed by atoms with Gasteiger partial charge in [0.1, 0.15) is 5.65 Å². The van der Waals surface area contributed by atoms with Crippen LogP contribution in [0.3, 0.4) is 0 Å². The van der Waals surface area contributed by atoms with Crippen molar-refractivity contribution in [3.63, 3.8) is 0 Å². The van der Waals surface area contributed by atoms with Crippen LogP contribution in [0.1, 0.15) is 21.6 Å². The number of fused-ring (bicyclic) bond motifs is 1. The molecule has 0 saturated heterocycles. The van der Waals surface area contributed by atoms with E-state index in [0.29, 0.717) is 17.0 Å². The summed E-state index contributed by atoms with van der Waals surface area (Å²) in [6.45, 7) is 0. The number of methoxy groups -OCH3 is 1. The summed E-state index contributed by atoms with van der Waals surface area (Å²) in [5, 5.41) is 0. The van der Waals surface area contributed by atoms with Crippen molar-refractivity contribution in [3.05, 3.63) is 102 Å².